The van der Waals surface area contributed by atoms with Gasteiger partial charge in [0.15, 0.2) is 0 Å². The second-order valence-electron chi connectivity index (χ2n) is 5.50. The number of carbonyl (C=O) groups is 1. The first-order valence-corrected chi connectivity index (χ1v) is 7.85. The Balaban J connectivity index is 1.95. The number of carbonyl (C=O) groups excluding carboxylic acids is 1. The maximum absolute atomic E-state index is 12.7. The number of benzene rings is 2. The molecule has 6 heteroatoms. The zero-order valence-electron chi connectivity index (χ0n) is 13.0. The van der Waals surface area contributed by atoms with Crippen LogP contribution in [0.25, 0.3) is 0 Å². The van der Waals surface area contributed by atoms with E-state index >= 15 is 0 Å². The SMILES string of the molecule is CC(NC(=O)CCc1ccccc1Cl)c1cccc(C(F)(F)F)c1. The largest absolute Gasteiger partial charge is 0.416 e. The highest BCUT2D eigenvalue weighted by Crippen LogP contribution is 2.30. The smallest absolute Gasteiger partial charge is 0.350 e. The Kier molecular flexibility index (Phi) is 5.89. The fourth-order valence-corrected chi connectivity index (χ4v) is 2.56. The van der Waals surface area contributed by atoms with Crippen LogP contribution in [0.15, 0.2) is 48.5 Å². The van der Waals surface area contributed by atoms with E-state index in [0.29, 0.717) is 17.0 Å². The molecule has 2 aromatic rings. The molecule has 0 bridgehead atoms. The van der Waals surface area contributed by atoms with Crippen molar-refractivity contribution in [2.24, 2.45) is 0 Å². The molecule has 0 aliphatic carbocycles. The zero-order valence-corrected chi connectivity index (χ0v) is 13.8. The molecule has 0 saturated carbocycles. The predicted octanol–water partition coefficient (Wildman–Crippen LogP) is 5.17. The third-order valence-corrected chi connectivity index (χ3v) is 4.04. The van der Waals surface area contributed by atoms with E-state index in [1.807, 2.05) is 18.2 Å². The minimum atomic E-state index is -4.40. The van der Waals surface area contributed by atoms with Gasteiger partial charge < -0.3 is 5.32 Å². The Morgan fingerprint density at radius 2 is 1.88 bits per heavy atom. The molecule has 0 aromatic heterocycles. The molecule has 1 atom stereocenters. The highest BCUT2D eigenvalue weighted by Gasteiger charge is 2.30. The fraction of sp³-hybridized carbons (Fsp3) is 0.278. The van der Waals surface area contributed by atoms with Crippen molar-refractivity contribution in [3.63, 3.8) is 0 Å². The van der Waals surface area contributed by atoms with Gasteiger partial charge in [0.2, 0.25) is 5.91 Å². The van der Waals surface area contributed by atoms with Gasteiger partial charge in [-0.2, -0.15) is 13.2 Å². The van der Waals surface area contributed by atoms with Gasteiger partial charge >= 0.3 is 6.18 Å². The minimum Gasteiger partial charge on any atom is -0.350 e. The van der Waals surface area contributed by atoms with Crippen LogP contribution in [0.4, 0.5) is 13.2 Å². The number of hydrogen-bond donors (Lipinski definition) is 1. The number of rotatable bonds is 5. The molecule has 2 aromatic carbocycles. The van der Waals surface area contributed by atoms with Crippen LogP contribution in [-0.2, 0) is 17.4 Å². The second-order valence-corrected chi connectivity index (χ2v) is 5.91. The Morgan fingerprint density at radius 1 is 1.17 bits per heavy atom. The maximum Gasteiger partial charge on any atom is 0.416 e. The fourth-order valence-electron chi connectivity index (χ4n) is 2.33. The summed E-state index contributed by atoms with van der Waals surface area (Å²) in [6, 6.07) is 11.7. The lowest BCUT2D eigenvalue weighted by Gasteiger charge is -2.16. The molecule has 0 radical (unpaired) electrons. The molecular formula is C18H17ClF3NO. The third-order valence-electron chi connectivity index (χ3n) is 3.67. The lowest BCUT2D eigenvalue weighted by Crippen LogP contribution is -2.27. The summed E-state index contributed by atoms with van der Waals surface area (Å²) in [4.78, 5) is 12.0. The van der Waals surface area contributed by atoms with Crippen molar-refractivity contribution in [2.45, 2.75) is 32.0 Å². The van der Waals surface area contributed by atoms with Gasteiger partial charge in [-0.25, -0.2) is 0 Å². The van der Waals surface area contributed by atoms with Crippen molar-refractivity contribution >= 4 is 17.5 Å². The maximum atomic E-state index is 12.7. The summed E-state index contributed by atoms with van der Waals surface area (Å²) >= 11 is 6.03. The van der Waals surface area contributed by atoms with Crippen LogP contribution in [0, 0.1) is 0 Å². The van der Waals surface area contributed by atoms with Crippen LogP contribution in [0.2, 0.25) is 5.02 Å². The Hall–Kier alpha value is -2.01. The van der Waals surface area contributed by atoms with Crippen LogP contribution < -0.4 is 5.32 Å². The lowest BCUT2D eigenvalue weighted by atomic mass is 10.0. The lowest BCUT2D eigenvalue weighted by molar-refractivity contribution is -0.137. The van der Waals surface area contributed by atoms with Crippen LogP contribution in [0.3, 0.4) is 0 Å². The summed E-state index contributed by atoms with van der Waals surface area (Å²) in [5.41, 5.74) is 0.550. The monoisotopic (exact) mass is 355 g/mol. The van der Waals surface area contributed by atoms with Crippen LogP contribution >= 0.6 is 11.6 Å². The molecule has 0 saturated heterocycles. The van der Waals surface area contributed by atoms with E-state index in [2.05, 4.69) is 5.32 Å². The average molecular weight is 356 g/mol. The number of alkyl halides is 3. The summed E-state index contributed by atoms with van der Waals surface area (Å²) < 4.78 is 38.2. The van der Waals surface area contributed by atoms with Crippen molar-refractivity contribution in [3.8, 4) is 0 Å². The van der Waals surface area contributed by atoms with Crippen molar-refractivity contribution in [1.82, 2.24) is 5.32 Å². The van der Waals surface area contributed by atoms with Gasteiger partial charge in [-0.3, -0.25) is 4.79 Å². The molecule has 1 amide bonds. The van der Waals surface area contributed by atoms with E-state index in [0.717, 1.165) is 17.7 Å². The highest BCUT2D eigenvalue weighted by atomic mass is 35.5. The molecular weight excluding hydrogens is 339 g/mol. The predicted molar refractivity (Wildman–Crippen MR) is 87.8 cm³/mol. The molecule has 0 aliphatic rings. The van der Waals surface area contributed by atoms with Gasteiger partial charge in [-0.05, 0) is 42.7 Å². The molecule has 0 aliphatic heterocycles. The van der Waals surface area contributed by atoms with E-state index in [-0.39, 0.29) is 12.3 Å². The van der Waals surface area contributed by atoms with Crippen molar-refractivity contribution in [1.29, 1.82) is 0 Å². The van der Waals surface area contributed by atoms with Crippen molar-refractivity contribution in [3.05, 3.63) is 70.2 Å². The Bertz CT molecular complexity index is 715. The quantitative estimate of drug-likeness (QED) is 0.787. The normalized spacial score (nSPS) is 12.7. The standard InChI is InChI=1S/C18H17ClF3NO/c1-12(14-6-4-7-15(11-14)18(20,21)22)23-17(24)10-9-13-5-2-3-8-16(13)19/h2-8,11-12H,9-10H2,1H3,(H,23,24). The summed E-state index contributed by atoms with van der Waals surface area (Å²) in [6.45, 7) is 1.66. The minimum absolute atomic E-state index is 0.215. The number of hydrogen-bond acceptors (Lipinski definition) is 1. The van der Waals surface area contributed by atoms with Gasteiger partial charge in [0.1, 0.15) is 0 Å². The summed E-state index contributed by atoms with van der Waals surface area (Å²) in [5.74, 6) is -0.236. The van der Waals surface area contributed by atoms with Gasteiger partial charge in [0.25, 0.3) is 0 Å². The Labute approximate surface area is 143 Å². The highest BCUT2D eigenvalue weighted by molar-refractivity contribution is 6.31. The van der Waals surface area contributed by atoms with Gasteiger partial charge in [0.05, 0.1) is 11.6 Å². The molecule has 1 N–H and O–H groups in total. The number of nitrogens with one attached hydrogen (secondary N) is 1. The first-order valence-electron chi connectivity index (χ1n) is 7.47. The van der Waals surface area contributed by atoms with E-state index in [1.54, 1.807) is 19.1 Å². The molecule has 2 nitrogen and oxygen atoms in total. The second kappa shape index (κ2) is 7.71. The van der Waals surface area contributed by atoms with Gasteiger partial charge in [-0.1, -0.05) is 41.9 Å². The average Bonchev–Trinajstić information content (AvgIpc) is 2.53. The first-order chi connectivity index (χ1) is 11.3. The van der Waals surface area contributed by atoms with E-state index in [9.17, 15) is 18.0 Å². The Morgan fingerprint density at radius 3 is 2.54 bits per heavy atom. The molecule has 0 fully saturated rings. The van der Waals surface area contributed by atoms with Crippen LogP contribution in [-0.4, -0.2) is 5.91 Å². The molecule has 24 heavy (non-hydrogen) atoms. The molecule has 0 heterocycles. The molecule has 1 unspecified atom stereocenters. The van der Waals surface area contributed by atoms with E-state index in [4.69, 9.17) is 11.6 Å². The summed E-state index contributed by atoms with van der Waals surface area (Å²) in [6.07, 6.45) is -3.71. The first kappa shape index (κ1) is 18.3. The molecule has 2 rings (SSSR count). The van der Waals surface area contributed by atoms with Crippen molar-refractivity contribution in [2.75, 3.05) is 0 Å². The molecule has 128 valence electrons. The van der Waals surface area contributed by atoms with Gasteiger partial charge in [0, 0.05) is 11.4 Å². The summed E-state index contributed by atoms with van der Waals surface area (Å²) in [5, 5.41) is 3.31. The van der Waals surface area contributed by atoms with Crippen molar-refractivity contribution < 1.29 is 18.0 Å². The number of halogens is 4. The van der Waals surface area contributed by atoms with E-state index in [1.165, 1.54) is 6.07 Å². The topological polar surface area (TPSA) is 29.1 Å². The molecule has 0 spiro atoms. The summed E-state index contributed by atoms with van der Waals surface area (Å²) in [7, 11) is 0. The number of amides is 1. The van der Waals surface area contributed by atoms with Gasteiger partial charge in [-0.15, -0.1) is 0 Å². The third kappa shape index (κ3) is 4.99. The number of aryl methyl sites for hydroxylation is 1. The van der Waals surface area contributed by atoms with E-state index < -0.39 is 17.8 Å². The zero-order chi connectivity index (χ0) is 17.7. The van der Waals surface area contributed by atoms with Crippen LogP contribution in [0.5, 0.6) is 0 Å². The van der Waals surface area contributed by atoms with Crippen LogP contribution in [0.1, 0.15) is 36.1 Å².